The summed E-state index contributed by atoms with van der Waals surface area (Å²) >= 11 is 0. The first-order chi connectivity index (χ1) is 26.0. The Morgan fingerprint density at radius 2 is 1.06 bits per heavy atom. The van der Waals surface area contributed by atoms with Gasteiger partial charge in [-0.25, -0.2) is 4.57 Å². The van der Waals surface area contributed by atoms with Crippen LogP contribution in [0, 0.1) is 0 Å². The standard InChI is InChI=1S/C44H76NO8P/c1-6-8-10-12-14-16-18-20-22-24-26-28-30-32-34-36-43(46)50-40-42(41-52-54(48,49)51-39-38-45(3,4)5)53-44(47)37-35-33-31-29-27-25-23-21-19-17-15-13-11-9-7-2/h9,11,14-17,20-23,26,28,42H,6-8,10,12-13,18-19,24-25,27,29-41H2,1-5H3/p+1/b11-9+,16-14+,17-15+,22-20+,23-21+,28-26+/t42-/m1/s1. The molecule has 0 aliphatic heterocycles. The second-order valence-electron chi connectivity index (χ2n) is 14.6. The van der Waals surface area contributed by atoms with E-state index in [9.17, 15) is 19.0 Å². The van der Waals surface area contributed by atoms with Crippen molar-refractivity contribution >= 4 is 19.8 Å². The molecule has 0 aliphatic rings. The van der Waals surface area contributed by atoms with Gasteiger partial charge in [-0.05, 0) is 83.5 Å². The third-order valence-corrected chi connectivity index (χ3v) is 9.20. The Morgan fingerprint density at radius 3 is 1.61 bits per heavy atom. The first kappa shape index (κ1) is 51.5. The van der Waals surface area contributed by atoms with Crippen LogP contribution in [-0.4, -0.2) is 74.9 Å². The highest BCUT2D eigenvalue weighted by molar-refractivity contribution is 7.47. The lowest BCUT2D eigenvalue weighted by Gasteiger charge is -2.24. The number of hydrogen-bond donors (Lipinski definition) is 1. The lowest BCUT2D eigenvalue weighted by Crippen LogP contribution is -2.37. The van der Waals surface area contributed by atoms with Gasteiger partial charge in [0.2, 0.25) is 0 Å². The van der Waals surface area contributed by atoms with Gasteiger partial charge in [0, 0.05) is 12.8 Å². The maximum Gasteiger partial charge on any atom is 0.472 e. The molecular formula is C44H77NO8P+. The summed E-state index contributed by atoms with van der Waals surface area (Å²) in [6.07, 6.45) is 43.8. The molecule has 0 saturated carbocycles. The minimum Gasteiger partial charge on any atom is -0.462 e. The predicted molar refractivity (Wildman–Crippen MR) is 224 cm³/mol. The van der Waals surface area contributed by atoms with Gasteiger partial charge >= 0.3 is 19.8 Å². The van der Waals surface area contributed by atoms with Crippen LogP contribution in [0.4, 0.5) is 0 Å². The molecular weight excluding hydrogens is 701 g/mol. The van der Waals surface area contributed by atoms with Gasteiger partial charge < -0.3 is 18.9 Å². The highest BCUT2D eigenvalue weighted by Crippen LogP contribution is 2.43. The van der Waals surface area contributed by atoms with Gasteiger partial charge in [-0.3, -0.25) is 18.6 Å². The Bertz CT molecular complexity index is 1150. The van der Waals surface area contributed by atoms with Crippen molar-refractivity contribution in [3.8, 4) is 0 Å². The van der Waals surface area contributed by atoms with Crippen LogP contribution in [0.25, 0.3) is 0 Å². The zero-order valence-corrected chi connectivity index (χ0v) is 35.6. The van der Waals surface area contributed by atoms with Crippen LogP contribution in [0.15, 0.2) is 72.9 Å². The summed E-state index contributed by atoms with van der Waals surface area (Å²) in [7, 11) is 1.43. The summed E-state index contributed by atoms with van der Waals surface area (Å²) in [5.74, 6) is -0.872. The molecule has 0 saturated heterocycles. The van der Waals surface area contributed by atoms with Gasteiger partial charge in [-0.2, -0.15) is 0 Å². The number of likely N-dealkylation sites (N-methyl/N-ethyl adjacent to an activating group) is 1. The molecule has 54 heavy (non-hydrogen) atoms. The number of esters is 2. The summed E-state index contributed by atoms with van der Waals surface area (Å²) in [4.78, 5) is 35.3. The van der Waals surface area contributed by atoms with E-state index >= 15 is 0 Å². The first-order valence-electron chi connectivity index (χ1n) is 20.7. The molecule has 1 N–H and O–H groups in total. The van der Waals surface area contributed by atoms with Crippen LogP contribution >= 0.6 is 7.82 Å². The van der Waals surface area contributed by atoms with Gasteiger partial charge in [0.15, 0.2) is 6.10 Å². The summed E-state index contributed by atoms with van der Waals surface area (Å²) in [6, 6.07) is 0. The molecule has 0 fully saturated rings. The number of rotatable bonds is 36. The molecule has 0 aromatic carbocycles. The Labute approximate surface area is 329 Å². The van der Waals surface area contributed by atoms with Crippen LogP contribution < -0.4 is 0 Å². The summed E-state index contributed by atoms with van der Waals surface area (Å²) < 4.78 is 34.2. The molecule has 0 aromatic heterocycles. The quantitative estimate of drug-likeness (QED) is 0.0220. The zero-order chi connectivity index (χ0) is 40.0. The molecule has 0 radical (unpaired) electrons. The van der Waals surface area contributed by atoms with Gasteiger partial charge in [-0.1, -0.05) is 119 Å². The maximum absolute atomic E-state index is 12.7. The van der Waals surface area contributed by atoms with Crippen molar-refractivity contribution in [2.45, 2.75) is 148 Å². The summed E-state index contributed by atoms with van der Waals surface area (Å²) in [5.41, 5.74) is 0. The molecule has 9 nitrogen and oxygen atoms in total. The molecule has 0 bridgehead atoms. The number of hydrogen-bond acceptors (Lipinski definition) is 7. The highest BCUT2D eigenvalue weighted by atomic mass is 31.2. The second-order valence-corrected chi connectivity index (χ2v) is 16.1. The van der Waals surface area contributed by atoms with E-state index in [0.717, 1.165) is 83.5 Å². The SMILES string of the molecule is CC/C=C/C/C=C/C/C=C/CCCCCCCC(=O)O[C@H](COC(=O)CCCC/C=C/C/C=C/C/C=C/CCCCC)COP(=O)(O)OCC[N+](C)(C)C. The molecule has 10 heteroatoms. The van der Waals surface area contributed by atoms with Crippen molar-refractivity contribution in [3.05, 3.63) is 72.9 Å². The zero-order valence-electron chi connectivity index (χ0n) is 34.7. The number of quaternary nitrogens is 1. The third kappa shape index (κ3) is 39.2. The summed E-state index contributed by atoms with van der Waals surface area (Å²) in [5, 5.41) is 0. The number of phosphoric acid groups is 1. The Balaban J connectivity index is 4.51. The molecule has 0 heterocycles. The summed E-state index contributed by atoms with van der Waals surface area (Å²) in [6.45, 7) is 4.19. The van der Waals surface area contributed by atoms with E-state index in [1.807, 2.05) is 21.1 Å². The largest absolute Gasteiger partial charge is 0.472 e. The van der Waals surface area contributed by atoms with Gasteiger partial charge in [0.05, 0.1) is 27.7 Å². The molecule has 2 atom stereocenters. The van der Waals surface area contributed by atoms with Gasteiger partial charge in [-0.15, -0.1) is 0 Å². The molecule has 0 aromatic rings. The van der Waals surface area contributed by atoms with Crippen molar-refractivity contribution < 1.29 is 42.1 Å². The molecule has 0 aliphatic carbocycles. The Kier molecular flexibility index (Phi) is 34.4. The van der Waals surface area contributed by atoms with Crippen LogP contribution in [-0.2, 0) is 32.7 Å². The molecule has 1 unspecified atom stereocenters. The van der Waals surface area contributed by atoms with Crippen LogP contribution in [0.3, 0.4) is 0 Å². The topological polar surface area (TPSA) is 108 Å². The van der Waals surface area contributed by atoms with Crippen LogP contribution in [0.1, 0.15) is 142 Å². The average Bonchev–Trinajstić information content (AvgIpc) is 3.12. The molecule has 310 valence electrons. The normalized spacial score (nSPS) is 14.4. The Morgan fingerprint density at radius 1 is 0.593 bits per heavy atom. The van der Waals surface area contributed by atoms with E-state index in [1.54, 1.807) is 0 Å². The van der Waals surface area contributed by atoms with Gasteiger partial charge in [0.1, 0.15) is 19.8 Å². The number of allylic oxidation sites excluding steroid dienone is 12. The van der Waals surface area contributed by atoms with E-state index in [2.05, 4.69) is 86.8 Å². The molecule has 0 amide bonds. The number of carbonyl (C=O) groups is 2. The second kappa shape index (κ2) is 36.1. The Hall–Kier alpha value is -2.55. The van der Waals surface area contributed by atoms with Crippen molar-refractivity contribution in [2.24, 2.45) is 0 Å². The lowest BCUT2D eigenvalue weighted by atomic mass is 10.1. The van der Waals surface area contributed by atoms with E-state index in [1.165, 1.54) is 19.3 Å². The number of carbonyl (C=O) groups excluding carboxylic acids is 2. The fraction of sp³-hybridized carbons (Fsp3) is 0.682. The van der Waals surface area contributed by atoms with Crippen molar-refractivity contribution in [1.29, 1.82) is 0 Å². The fourth-order valence-electron chi connectivity index (χ4n) is 4.97. The molecule has 0 rings (SSSR count). The number of unbranched alkanes of at least 4 members (excludes halogenated alkanes) is 10. The monoisotopic (exact) mass is 779 g/mol. The lowest BCUT2D eigenvalue weighted by molar-refractivity contribution is -0.870. The first-order valence-corrected chi connectivity index (χ1v) is 22.2. The minimum atomic E-state index is -4.39. The number of phosphoric ester groups is 1. The van der Waals surface area contributed by atoms with E-state index in [4.69, 9.17) is 18.5 Å². The number of ether oxygens (including phenoxy) is 2. The van der Waals surface area contributed by atoms with Crippen molar-refractivity contribution in [1.82, 2.24) is 0 Å². The smallest absolute Gasteiger partial charge is 0.462 e. The highest BCUT2D eigenvalue weighted by Gasteiger charge is 2.27. The van der Waals surface area contributed by atoms with Crippen molar-refractivity contribution in [2.75, 3.05) is 47.5 Å². The third-order valence-electron chi connectivity index (χ3n) is 8.22. The average molecular weight is 779 g/mol. The maximum atomic E-state index is 12.7. The fourth-order valence-corrected chi connectivity index (χ4v) is 5.72. The van der Waals surface area contributed by atoms with Crippen molar-refractivity contribution in [3.63, 3.8) is 0 Å². The van der Waals surface area contributed by atoms with E-state index in [-0.39, 0.29) is 26.1 Å². The van der Waals surface area contributed by atoms with E-state index in [0.29, 0.717) is 23.9 Å². The van der Waals surface area contributed by atoms with E-state index < -0.39 is 32.5 Å². The minimum absolute atomic E-state index is 0.0181. The molecule has 0 spiro atoms. The number of nitrogens with zero attached hydrogens (tertiary/aromatic N) is 1. The predicted octanol–water partition coefficient (Wildman–Crippen LogP) is 11.5. The van der Waals surface area contributed by atoms with Crippen LogP contribution in [0.5, 0.6) is 0 Å². The van der Waals surface area contributed by atoms with Gasteiger partial charge in [0.25, 0.3) is 0 Å². The van der Waals surface area contributed by atoms with Crippen LogP contribution in [0.2, 0.25) is 0 Å².